The smallest absolute Gasteiger partial charge is 0.408 e. The second kappa shape index (κ2) is 13.1. The minimum absolute atomic E-state index is 0.161. The first-order chi connectivity index (χ1) is 21.7. The lowest BCUT2D eigenvalue weighted by atomic mass is 10.0. The number of ether oxygens (including phenoxy) is 2. The zero-order valence-corrected chi connectivity index (χ0v) is 27.2. The minimum Gasteiger partial charge on any atom is -0.448 e. The van der Waals surface area contributed by atoms with Crippen LogP contribution in [0.5, 0.6) is 0 Å². The number of alkyl carbamates (subject to hydrolysis) is 1. The summed E-state index contributed by atoms with van der Waals surface area (Å²) in [6.45, 7) is 5.27. The summed E-state index contributed by atoms with van der Waals surface area (Å²) in [7, 11) is 0. The van der Waals surface area contributed by atoms with Crippen molar-refractivity contribution in [1.82, 2.24) is 20.2 Å². The highest BCUT2D eigenvalue weighted by Crippen LogP contribution is 2.47. The van der Waals surface area contributed by atoms with Crippen LogP contribution in [-0.2, 0) is 19.1 Å². The molecule has 2 aromatic heterocycles. The lowest BCUT2D eigenvalue weighted by Gasteiger charge is -2.49. The molecule has 6 rings (SSSR count). The molecule has 1 saturated heterocycles. The maximum atomic E-state index is 14.2. The van der Waals surface area contributed by atoms with Gasteiger partial charge in [0.05, 0.1) is 5.69 Å². The zero-order chi connectivity index (χ0) is 31.6. The SMILES string of the molecule is CC(C)(C)OC(=O)N[C@@H]1C(=O)N2C(C(=O)OC(c3ccccc3)c3ccccc3)=C(Sc3nc(-c4ccncc4)cs3)CS[C@@H]12. The van der Waals surface area contributed by atoms with E-state index in [2.05, 4.69) is 10.3 Å². The van der Waals surface area contributed by atoms with Crippen LogP contribution in [0.2, 0.25) is 0 Å². The Morgan fingerprint density at radius 1 is 1.00 bits per heavy atom. The molecule has 12 heteroatoms. The number of nitrogens with zero attached hydrogens (tertiary/aromatic N) is 3. The Morgan fingerprint density at radius 3 is 2.27 bits per heavy atom. The van der Waals surface area contributed by atoms with Gasteiger partial charge in [0.25, 0.3) is 5.91 Å². The zero-order valence-electron chi connectivity index (χ0n) is 24.7. The second-order valence-electron chi connectivity index (χ2n) is 11.2. The van der Waals surface area contributed by atoms with E-state index >= 15 is 0 Å². The van der Waals surface area contributed by atoms with Gasteiger partial charge in [-0.05, 0) is 44.0 Å². The minimum atomic E-state index is -0.837. The Bertz CT molecular complexity index is 1690. The molecule has 45 heavy (non-hydrogen) atoms. The van der Waals surface area contributed by atoms with Gasteiger partial charge in [-0.25, -0.2) is 14.6 Å². The Morgan fingerprint density at radius 2 is 1.64 bits per heavy atom. The number of esters is 1. The van der Waals surface area contributed by atoms with Crippen LogP contribution in [0.3, 0.4) is 0 Å². The molecule has 1 fully saturated rings. The average molecular weight is 659 g/mol. The number of thioether (sulfide) groups is 2. The molecule has 4 aromatic rings. The van der Waals surface area contributed by atoms with Crippen LogP contribution in [0.1, 0.15) is 38.0 Å². The van der Waals surface area contributed by atoms with E-state index in [4.69, 9.17) is 14.5 Å². The first kappa shape index (κ1) is 30.9. The highest BCUT2D eigenvalue weighted by Gasteiger charge is 2.55. The van der Waals surface area contributed by atoms with Gasteiger partial charge in [0.2, 0.25) is 0 Å². The third-order valence-corrected chi connectivity index (χ3v) is 10.4. The number of hydrogen-bond acceptors (Lipinski definition) is 10. The van der Waals surface area contributed by atoms with Gasteiger partial charge in [-0.15, -0.1) is 23.1 Å². The number of carbonyl (C=O) groups excluding carboxylic acids is 3. The third-order valence-electron chi connectivity index (χ3n) is 6.90. The molecule has 2 atom stereocenters. The topological polar surface area (TPSA) is 111 Å². The van der Waals surface area contributed by atoms with Crippen molar-refractivity contribution in [3.8, 4) is 11.3 Å². The highest BCUT2D eigenvalue weighted by molar-refractivity contribution is 8.07. The molecule has 0 aliphatic carbocycles. The summed E-state index contributed by atoms with van der Waals surface area (Å²) in [6.07, 6.45) is 2.04. The molecule has 2 aliphatic rings. The standard InChI is InChI=1S/C33H30N4O5S3/c1-33(2,3)42-31(40)36-25-28(38)37-26(30(39)41-27(21-10-6-4-7-11-21)22-12-8-5-9-13-22)24(19-43-29(25)37)45-32-35-23(18-44-32)20-14-16-34-17-15-20/h4-18,25,27,29H,19H2,1-3H3,(H,36,40)/t25-,29+/m1/s1. The van der Waals surface area contributed by atoms with Gasteiger partial charge in [0.15, 0.2) is 10.4 Å². The molecule has 230 valence electrons. The van der Waals surface area contributed by atoms with Crippen molar-refractivity contribution in [2.75, 3.05) is 5.75 Å². The van der Waals surface area contributed by atoms with Gasteiger partial charge in [0, 0.05) is 34.0 Å². The number of fused-ring (bicyclic) bond motifs is 1. The second-order valence-corrected chi connectivity index (χ2v) is 14.6. The van der Waals surface area contributed by atoms with E-state index in [-0.39, 0.29) is 5.70 Å². The van der Waals surface area contributed by atoms with Gasteiger partial charge in [-0.1, -0.05) is 72.4 Å². The number of benzene rings is 2. The number of pyridine rings is 1. The summed E-state index contributed by atoms with van der Waals surface area (Å²) in [4.78, 5) is 51.3. The van der Waals surface area contributed by atoms with Crippen LogP contribution in [0.4, 0.5) is 4.79 Å². The summed E-state index contributed by atoms with van der Waals surface area (Å²) in [6, 6.07) is 21.9. The summed E-state index contributed by atoms with van der Waals surface area (Å²) >= 11 is 4.26. The molecule has 2 aromatic carbocycles. The van der Waals surface area contributed by atoms with Gasteiger partial charge in [-0.3, -0.25) is 14.7 Å². The quantitative estimate of drug-likeness (QED) is 0.164. The molecular formula is C33H30N4O5S3. The number of β-lactam (4-membered cyclic amide) rings is 1. The fourth-order valence-electron chi connectivity index (χ4n) is 4.91. The summed E-state index contributed by atoms with van der Waals surface area (Å²) < 4.78 is 12.3. The van der Waals surface area contributed by atoms with Crippen molar-refractivity contribution < 1.29 is 23.9 Å². The molecule has 0 spiro atoms. The largest absolute Gasteiger partial charge is 0.448 e. The van der Waals surface area contributed by atoms with E-state index < -0.39 is 41.1 Å². The number of aromatic nitrogens is 2. The van der Waals surface area contributed by atoms with Gasteiger partial charge >= 0.3 is 12.1 Å². The Hall–Kier alpha value is -4.13. The highest BCUT2D eigenvalue weighted by atomic mass is 32.2. The van der Waals surface area contributed by atoms with Gasteiger partial charge < -0.3 is 14.8 Å². The number of amides is 2. The average Bonchev–Trinajstić information content (AvgIpc) is 3.51. The predicted octanol–water partition coefficient (Wildman–Crippen LogP) is 6.65. The van der Waals surface area contributed by atoms with Crippen molar-refractivity contribution in [2.45, 2.75) is 48.2 Å². The number of carbonyl (C=O) groups is 3. The maximum absolute atomic E-state index is 14.2. The van der Waals surface area contributed by atoms with Crippen molar-refractivity contribution in [2.24, 2.45) is 0 Å². The molecule has 9 nitrogen and oxygen atoms in total. The van der Waals surface area contributed by atoms with Crippen molar-refractivity contribution in [1.29, 1.82) is 0 Å². The Balaban J connectivity index is 1.32. The van der Waals surface area contributed by atoms with Crippen molar-refractivity contribution in [3.05, 3.63) is 112 Å². The Kier molecular flexibility index (Phi) is 8.97. The first-order valence-electron chi connectivity index (χ1n) is 14.2. The summed E-state index contributed by atoms with van der Waals surface area (Å²) in [5.74, 6) is -0.618. The fraction of sp³-hybridized carbons (Fsp3) is 0.242. The van der Waals surface area contributed by atoms with Crippen LogP contribution >= 0.6 is 34.9 Å². The van der Waals surface area contributed by atoms with Crippen molar-refractivity contribution >= 4 is 52.8 Å². The summed E-state index contributed by atoms with van der Waals surface area (Å²) in [5.41, 5.74) is 2.77. The molecule has 0 bridgehead atoms. The predicted molar refractivity (Wildman–Crippen MR) is 175 cm³/mol. The van der Waals surface area contributed by atoms with Crippen LogP contribution in [-0.4, -0.2) is 55.6 Å². The number of rotatable bonds is 8. The van der Waals surface area contributed by atoms with E-state index in [9.17, 15) is 14.4 Å². The lowest BCUT2D eigenvalue weighted by molar-refractivity contribution is -0.153. The Labute approximate surface area is 273 Å². The molecule has 2 amide bonds. The molecule has 0 unspecified atom stereocenters. The van der Waals surface area contributed by atoms with Crippen LogP contribution < -0.4 is 5.32 Å². The van der Waals surface area contributed by atoms with Crippen LogP contribution in [0.15, 0.2) is 106 Å². The lowest BCUT2D eigenvalue weighted by Crippen LogP contribution is -2.70. The maximum Gasteiger partial charge on any atom is 0.408 e. The number of thiazole rings is 1. The molecule has 1 N–H and O–H groups in total. The molecule has 2 aliphatic heterocycles. The van der Waals surface area contributed by atoms with Gasteiger partial charge in [0.1, 0.15) is 22.7 Å². The van der Waals surface area contributed by atoms with E-state index in [0.29, 0.717) is 10.7 Å². The molecule has 4 heterocycles. The van der Waals surface area contributed by atoms with Gasteiger partial charge in [-0.2, -0.15) is 0 Å². The number of nitrogens with one attached hydrogen (secondary N) is 1. The van der Waals surface area contributed by atoms with Crippen LogP contribution in [0, 0.1) is 0 Å². The van der Waals surface area contributed by atoms with E-state index in [1.165, 1.54) is 39.8 Å². The van der Waals surface area contributed by atoms with Crippen LogP contribution in [0.25, 0.3) is 11.3 Å². The molecular weight excluding hydrogens is 629 g/mol. The molecule has 0 saturated carbocycles. The van der Waals surface area contributed by atoms with Crippen molar-refractivity contribution in [3.63, 3.8) is 0 Å². The summed E-state index contributed by atoms with van der Waals surface area (Å²) in [5, 5.41) is 4.15. The molecule has 0 radical (unpaired) electrons. The normalized spacial score (nSPS) is 17.9. The number of hydrogen-bond donors (Lipinski definition) is 1. The monoisotopic (exact) mass is 658 g/mol. The first-order valence-corrected chi connectivity index (χ1v) is 16.9. The fourth-order valence-corrected chi connectivity index (χ4v) is 8.36. The van der Waals surface area contributed by atoms with E-state index in [1.54, 1.807) is 33.2 Å². The van der Waals surface area contributed by atoms with E-state index in [0.717, 1.165) is 26.7 Å². The van der Waals surface area contributed by atoms with E-state index in [1.807, 2.05) is 78.2 Å². The third kappa shape index (κ3) is 6.92.